The van der Waals surface area contributed by atoms with Crippen molar-refractivity contribution < 1.29 is 14.3 Å². The number of nitrogens with one attached hydrogen (secondary N) is 1. The summed E-state index contributed by atoms with van der Waals surface area (Å²) < 4.78 is 4.89. The van der Waals surface area contributed by atoms with Gasteiger partial charge in [0.25, 0.3) is 5.91 Å². The van der Waals surface area contributed by atoms with Crippen molar-refractivity contribution >= 4 is 39.2 Å². The van der Waals surface area contributed by atoms with Crippen molar-refractivity contribution in [2.45, 2.75) is 13.3 Å². The number of amides is 1. The summed E-state index contributed by atoms with van der Waals surface area (Å²) in [6.45, 7) is 2.09. The summed E-state index contributed by atoms with van der Waals surface area (Å²) >= 11 is 1.27. The predicted octanol–water partition coefficient (Wildman–Crippen LogP) is 3.05. The molecule has 0 bridgehead atoms. The van der Waals surface area contributed by atoms with Crippen molar-refractivity contribution in [2.75, 3.05) is 11.9 Å². The Bertz CT molecular complexity index is 886. The number of nitrogens with zero attached hydrogens (tertiary/aromatic N) is 2. The summed E-state index contributed by atoms with van der Waals surface area (Å²) in [5, 5.41) is 5.72. The summed E-state index contributed by atoms with van der Waals surface area (Å²) in [6.07, 6.45) is 1.70. The molecule has 0 spiro atoms. The normalized spacial score (nSPS) is 10.5. The lowest BCUT2D eigenvalue weighted by Crippen LogP contribution is -2.13. The maximum absolute atomic E-state index is 12.5. The molecule has 1 amide bonds. The van der Waals surface area contributed by atoms with E-state index in [0.29, 0.717) is 23.0 Å². The van der Waals surface area contributed by atoms with Gasteiger partial charge in [0.15, 0.2) is 5.13 Å². The molecule has 0 aliphatic rings. The maximum atomic E-state index is 12.5. The summed E-state index contributed by atoms with van der Waals surface area (Å²) in [6, 6.07) is 9.12. The molecule has 0 atom stereocenters. The molecule has 7 heteroatoms. The zero-order chi connectivity index (χ0) is 16.9. The minimum atomic E-state index is -0.333. The average molecular weight is 341 g/mol. The Morgan fingerprint density at radius 2 is 2.08 bits per heavy atom. The molecule has 0 fully saturated rings. The van der Waals surface area contributed by atoms with Crippen LogP contribution in [-0.4, -0.2) is 28.5 Å². The number of carbonyl (C=O) groups excluding carboxylic acids is 2. The second-order valence-electron chi connectivity index (χ2n) is 4.96. The van der Waals surface area contributed by atoms with Crippen LogP contribution in [-0.2, 0) is 16.0 Å². The molecule has 24 heavy (non-hydrogen) atoms. The van der Waals surface area contributed by atoms with E-state index in [0.717, 1.165) is 10.9 Å². The molecule has 0 aliphatic heterocycles. The number of pyridine rings is 1. The largest absolute Gasteiger partial charge is 0.466 e. The van der Waals surface area contributed by atoms with Crippen LogP contribution in [0.25, 0.3) is 10.9 Å². The van der Waals surface area contributed by atoms with E-state index in [1.54, 1.807) is 24.6 Å². The topological polar surface area (TPSA) is 81.2 Å². The standard InChI is InChI=1S/C17H15N3O3S/c1-2-23-15(21)9-11-10-24-17(19-11)20-16(22)13-7-8-18-14-6-4-3-5-12(13)14/h3-8,10H,2,9H2,1H3,(H,19,20,22). The van der Waals surface area contributed by atoms with E-state index in [2.05, 4.69) is 15.3 Å². The van der Waals surface area contributed by atoms with Crippen molar-refractivity contribution in [3.05, 3.63) is 53.2 Å². The second-order valence-corrected chi connectivity index (χ2v) is 5.81. The van der Waals surface area contributed by atoms with E-state index in [1.807, 2.05) is 24.3 Å². The Balaban J connectivity index is 1.75. The molecule has 0 aliphatic carbocycles. The summed E-state index contributed by atoms with van der Waals surface area (Å²) in [5.74, 6) is -0.591. The number of aromatic nitrogens is 2. The first-order valence-corrected chi connectivity index (χ1v) is 8.30. The molecule has 2 heterocycles. The maximum Gasteiger partial charge on any atom is 0.311 e. The van der Waals surface area contributed by atoms with Gasteiger partial charge in [-0.3, -0.25) is 19.9 Å². The molecule has 3 aromatic rings. The molecule has 0 saturated heterocycles. The molecule has 2 aromatic heterocycles. The van der Waals surface area contributed by atoms with E-state index >= 15 is 0 Å². The van der Waals surface area contributed by atoms with Gasteiger partial charge in [0.2, 0.25) is 0 Å². The average Bonchev–Trinajstić information content (AvgIpc) is 3.01. The number of hydrogen-bond donors (Lipinski definition) is 1. The van der Waals surface area contributed by atoms with Crippen LogP contribution < -0.4 is 5.32 Å². The van der Waals surface area contributed by atoms with Crippen LogP contribution >= 0.6 is 11.3 Å². The van der Waals surface area contributed by atoms with Crippen molar-refractivity contribution in [2.24, 2.45) is 0 Å². The van der Waals surface area contributed by atoms with E-state index in [-0.39, 0.29) is 18.3 Å². The van der Waals surface area contributed by atoms with Gasteiger partial charge in [-0.05, 0) is 19.1 Å². The number of hydrogen-bond acceptors (Lipinski definition) is 6. The zero-order valence-electron chi connectivity index (χ0n) is 13.0. The van der Waals surface area contributed by atoms with Crippen molar-refractivity contribution in [3.63, 3.8) is 0 Å². The first kappa shape index (κ1) is 16.1. The number of anilines is 1. The Kier molecular flexibility index (Phi) is 4.81. The van der Waals surface area contributed by atoms with Gasteiger partial charge >= 0.3 is 5.97 Å². The molecule has 122 valence electrons. The third-order valence-electron chi connectivity index (χ3n) is 3.30. The predicted molar refractivity (Wildman–Crippen MR) is 92.1 cm³/mol. The number of para-hydroxylation sites is 1. The van der Waals surface area contributed by atoms with E-state index in [9.17, 15) is 9.59 Å². The molecular weight excluding hydrogens is 326 g/mol. The Labute approximate surface area is 142 Å². The quantitative estimate of drug-likeness (QED) is 0.721. The fourth-order valence-electron chi connectivity index (χ4n) is 2.26. The third-order valence-corrected chi connectivity index (χ3v) is 4.10. The molecule has 0 unspecified atom stereocenters. The van der Waals surface area contributed by atoms with Crippen LogP contribution in [0.15, 0.2) is 41.9 Å². The molecule has 6 nitrogen and oxygen atoms in total. The molecule has 1 aromatic carbocycles. The summed E-state index contributed by atoms with van der Waals surface area (Å²) in [7, 11) is 0. The molecule has 3 rings (SSSR count). The smallest absolute Gasteiger partial charge is 0.311 e. The van der Waals surface area contributed by atoms with E-state index in [4.69, 9.17) is 4.74 Å². The number of carbonyl (C=O) groups is 2. The number of thiazole rings is 1. The lowest BCUT2D eigenvalue weighted by atomic mass is 10.1. The van der Waals surface area contributed by atoms with Crippen LogP contribution in [0.5, 0.6) is 0 Å². The third kappa shape index (κ3) is 3.57. The molecule has 0 radical (unpaired) electrons. The second kappa shape index (κ2) is 7.18. The van der Waals surface area contributed by atoms with Crippen molar-refractivity contribution in [1.82, 2.24) is 9.97 Å². The van der Waals surface area contributed by atoms with Crippen molar-refractivity contribution in [1.29, 1.82) is 0 Å². The number of fused-ring (bicyclic) bond motifs is 1. The van der Waals surface area contributed by atoms with Crippen LogP contribution in [0.3, 0.4) is 0 Å². The van der Waals surface area contributed by atoms with Gasteiger partial charge in [-0.15, -0.1) is 11.3 Å². The highest BCUT2D eigenvalue weighted by Crippen LogP contribution is 2.20. The fraction of sp³-hybridized carbons (Fsp3) is 0.176. The van der Waals surface area contributed by atoms with Gasteiger partial charge in [-0.25, -0.2) is 4.98 Å². The minimum Gasteiger partial charge on any atom is -0.466 e. The van der Waals surface area contributed by atoms with Gasteiger partial charge in [-0.2, -0.15) is 0 Å². The van der Waals surface area contributed by atoms with Gasteiger partial charge in [-0.1, -0.05) is 18.2 Å². The zero-order valence-corrected chi connectivity index (χ0v) is 13.8. The number of benzene rings is 1. The van der Waals surface area contributed by atoms with Gasteiger partial charge in [0, 0.05) is 17.0 Å². The minimum absolute atomic E-state index is 0.0956. The highest BCUT2D eigenvalue weighted by molar-refractivity contribution is 7.14. The lowest BCUT2D eigenvalue weighted by Gasteiger charge is -2.05. The van der Waals surface area contributed by atoms with Gasteiger partial charge in [0.1, 0.15) is 0 Å². The monoisotopic (exact) mass is 341 g/mol. The highest BCUT2D eigenvalue weighted by atomic mass is 32.1. The van der Waals surface area contributed by atoms with Crippen LogP contribution in [0.2, 0.25) is 0 Å². The summed E-state index contributed by atoms with van der Waals surface area (Å²) in [5.41, 5.74) is 1.86. The fourth-order valence-corrected chi connectivity index (χ4v) is 2.97. The Hall–Kier alpha value is -2.80. The van der Waals surface area contributed by atoms with E-state index in [1.165, 1.54) is 11.3 Å². The number of esters is 1. The van der Waals surface area contributed by atoms with Gasteiger partial charge < -0.3 is 4.74 Å². The van der Waals surface area contributed by atoms with E-state index < -0.39 is 0 Å². The Morgan fingerprint density at radius 1 is 1.25 bits per heavy atom. The van der Waals surface area contributed by atoms with Crippen LogP contribution in [0, 0.1) is 0 Å². The number of ether oxygens (including phenoxy) is 1. The van der Waals surface area contributed by atoms with Crippen LogP contribution in [0.1, 0.15) is 23.0 Å². The lowest BCUT2D eigenvalue weighted by molar-refractivity contribution is -0.142. The van der Waals surface area contributed by atoms with Gasteiger partial charge in [0.05, 0.1) is 29.8 Å². The molecule has 1 N–H and O–H groups in total. The number of rotatable bonds is 5. The Morgan fingerprint density at radius 3 is 2.92 bits per heavy atom. The molecular formula is C17H15N3O3S. The first-order chi connectivity index (χ1) is 11.7. The highest BCUT2D eigenvalue weighted by Gasteiger charge is 2.14. The van der Waals surface area contributed by atoms with Crippen LogP contribution in [0.4, 0.5) is 5.13 Å². The summed E-state index contributed by atoms with van der Waals surface area (Å²) in [4.78, 5) is 32.4. The SMILES string of the molecule is CCOC(=O)Cc1csc(NC(=O)c2ccnc3ccccc23)n1. The molecule has 0 saturated carbocycles. The first-order valence-electron chi connectivity index (χ1n) is 7.42. The van der Waals surface area contributed by atoms with Crippen molar-refractivity contribution in [3.8, 4) is 0 Å².